The summed E-state index contributed by atoms with van der Waals surface area (Å²) < 4.78 is 1.14. The van der Waals surface area contributed by atoms with Gasteiger partial charge in [0, 0.05) is 10.0 Å². The van der Waals surface area contributed by atoms with Crippen LogP contribution in [0.4, 0.5) is 0 Å². The smallest absolute Gasteiger partial charge is 0.119 e. The molecule has 0 amide bonds. The molecule has 16 heavy (non-hydrogen) atoms. The molecule has 0 heterocycles. The van der Waals surface area contributed by atoms with Gasteiger partial charge in [0.2, 0.25) is 0 Å². The first kappa shape index (κ1) is 15.5. The number of rotatable bonds is 0. The second-order valence-corrected chi connectivity index (χ2v) is 4.25. The van der Waals surface area contributed by atoms with E-state index in [0.717, 1.165) is 22.9 Å². The molecule has 0 spiro atoms. The summed E-state index contributed by atoms with van der Waals surface area (Å²) in [5.74, 6) is 0.968. The lowest BCUT2D eigenvalue weighted by atomic mass is 10.0. The second-order valence-electron chi connectivity index (χ2n) is 3.40. The summed E-state index contributed by atoms with van der Waals surface area (Å²) in [6.45, 7) is 10.2. The van der Waals surface area contributed by atoms with Crippen LogP contribution in [0.2, 0.25) is 0 Å². The normalized spacial score (nSPS) is 16.5. The Morgan fingerprint density at radius 1 is 1.19 bits per heavy atom. The van der Waals surface area contributed by atoms with Crippen LogP contribution in [0, 0.1) is 0 Å². The summed E-state index contributed by atoms with van der Waals surface area (Å²) in [5, 5.41) is 9.61. The van der Waals surface area contributed by atoms with Crippen LogP contribution in [-0.2, 0) is 6.42 Å². The minimum atomic E-state index is 0.457. The van der Waals surface area contributed by atoms with Crippen molar-refractivity contribution in [2.75, 3.05) is 0 Å². The zero-order valence-electron chi connectivity index (χ0n) is 11.0. The van der Waals surface area contributed by atoms with E-state index in [4.69, 9.17) is 0 Å². The van der Waals surface area contributed by atoms with Crippen LogP contribution in [0.25, 0.3) is 0 Å². The summed E-state index contributed by atoms with van der Waals surface area (Å²) >= 11 is 3.50. The first-order chi connectivity index (χ1) is 7.70. The lowest BCUT2D eigenvalue weighted by molar-refractivity contribution is 0.465. The largest absolute Gasteiger partial charge is 0.508 e. The van der Waals surface area contributed by atoms with E-state index in [-0.39, 0.29) is 0 Å². The first-order valence-corrected chi connectivity index (χ1v) is 6.99. The van der Waals surface area contributed by atoms with Crippen molar-refractivity contribution in [2.45, 2.75) is 53.4 Å². The third kappa shape index (κ3) is 3.24. The zero-order chi connectivity index (χ0) is 12.7. The average molecular weight is 287 g/mol. The predicted molar refractivity (Wildman–Crippen MR) is 75.2 cm³/mol. The Kier molecular flexibility index (Phi) is 7.48. The van der Waals surface area contributed by atoms with Crippen molar-refractivity contribution >= 4 is 15.9 Å². The zero-order valence-corrected chi connectivity index (χ0v) is 12.6. The molecule has 1 N–H and O–H groups in total. The number of aromatic hydroxyl groups is 1. The first-order valence-electron chi connectivity index (χ1n) is 6.20. The van der Waals surface area contributed by atoms with Crippen molar-refractivity contribution in [2.24, 2.45) is 0 Å². The summed E-state index contributed by atoms with van der Waals surface area (Å²) in [5.41, 5.74) is 2.44. The van der Waals surface area contributed by atoms with Crippen LogP contribution in [0.1, 0.15) is 58.1 Å². The van der Waals surface area contributed by atoms with E-state index in [1.54, 1.807) is 6.07 Å². The van der Waals surface area contributed by atoms with Gasteiger partial charge in [-0.2, -0.15) is 0 Å². The van der Waals surface area contributed by atoms with E-state index >= 15 is 0 Å². The minimum Gasteiger partial charge on any atom is -0.508 e. The fraction of sp³-hybridized carbons (Fsp3) is 0.571. The fourth-order valence-electron chi connectivity index (χ4n) is 1.93. The van der Waals surface area contributed by atoms with Gasteiger partial charge in [-0.1, -0.05) is 50.5 Å². The predicted octanol–water partition coefficient (Wildman–Crippen LogP) is 5.26. The van der Waals surface area contributed by atoms with Gasteiger partial charge < -0.3 is 5.11 Å². The Hall–Kier alpha value is -0.500. The van der Waals surface area contributed by atoms with Crippen molar-refractivity contribution in [3.8, 4) is 5.75 Å². The van der Waals surface area contributed by atoms with Gasteiger partial charge in [0.05, 0.1) is 0 Å². The summed E-state index contributed by atoms with van der Waals surface area (Å²) in [7, 11) is 0. The van der Waals surface area contributed by atoms with E-state index in [1.165, 1.54) is 5.56 Å². The molecule has 1 aromatic rings. The number of benzene rings is 1. The van der Waals surface area contributed by atoms with Crippen LogP contribution >= 0.6 is 15.9 Å². The highest BCUT2D eigenvalue weighted by molar-refractivity contribution is 9.10. The number of phenols is 1. The molecule has 0 bridgehead atoms. The van der Waals surface area contributed by atoms with E-state index in [0.29, 0.717) is 11.7 Å². The highest BCUT2D eigenvalue weighted by Gasteiger charge is 2.23. The maximum atomic E-state index is 9.61. The number of halogens is 1. The number of phenolic OH excluding ortho intramolecular Hbond substituents is 1. The molecule has 1 aliphatic carbocycles. The SMILES string of the molecule is CC.CC.CC1CCc2c(Br)ccc(O)c21. The molecule has 1 aromatic carbocycles. The second kappa shape index (κ2) is 7.72. The lowest BCUT2D eigenvalue weighted by Crippen LogP contribution is -1.87. The van der Waals surface area contributed by atoms with Gasteiger partial charge in [-0.15, -0.1) is 0 Å². The number of hydrogen-bond acceptors (Lipinski definition) is 1. The Morgan fingerprint density at radius 3 is 2.25 bits per heavy atom. The van der Waals surface area contributed by atoms with E-state index in [9.17, 15) is 5.11 Å². The summed E-state index contributed by atoms with van der Waals surface area (Å²) in [6, 6.07) is 3.69. The van der Waals surface area contributed by atoms with Gasteiger partial charge in [-0.05, 0) is 36.5 Å². The molecule has 1 aliphatic rings. The molecule has 0 radical (unpaired) electrons. The van der Waals surface area contributed by atoms with Crippen molar-refractivity contribution < 1.29 is 5.11 Å². The summed E-state index contributed by atoms with van der Waals surface area (Å²) in [4.78, 5) is 0. The highest BCUT2D eigenvalue weighted by atomic mass is 79.9. The highest BCUT2D eigenvalue weighted by Crippen LogP contribution is 2.41. The van der Waals surface area contributed by atoms with Gasteiger partial charge in [-0.3, -0.25) is 0 Å². The van der Waals surface area contributed by atoms with E-state index < -0.39 is 0 Å². The maximum Gasteiger partial charge on any atom is 0.119 e. The van der Waals surface area contributed by atoms with Crippen molar-refractivity contribution in [3.63, 3.8) is 0 Å². The van der Waals surface area contributed by atoms with E-state index in [1.807, 2.05) is 33.8 Å². The van der Waals surface area contributed by atoms with Crippen molar-refractivity contribution in [3.05, 3.63) is 27.7 Å². The van der Waals surface area contributed by atoms with Crippen molar-refractivity contribution in [1.82, 2.24) is 0 Å². The van der Waals surface area contributed by atoms with Gasteiger partial charge >= 0.3 is 0 Å². The summed E-state index contributed by atoms with van der Waals surface area (Å²) in [6.07, 6.45) is 2.25. The van der Waals surface area contributed by atoms with E-state index in [2.05, 4.69) is 22.9 Å². The monoisotopic (exact) mass is 286 g/mol. The van der Waals surface area contributed by atoms with Crippen LogP contribution in [-0.4, -0.2) is 5.11 Å². The molecule has 1 nitrogen and oxygen atoms in total. The molecule has 0 aliphatic heterocycles. The Balaban J connectivity index is 0.000000509. The molecule has 0 aromatic heterocycles. The number of hydrogen-bond donors (Lipinski definition) is 1. The standard InChI is InChI=1S/C10H11BrO.2C2H6/c1-6-2-3-7-8(11)4-5-9(12)10(6)7;2*1-2/h4-6,12H,2-3H2,1H3;2*1-2H3. The molecule has 92 valence electrons. The van der Waals surface area contributed by atoms with Crippen LogP contribution in [0.15, 0.2) is 16.6 Å². The molecular weight excluding hydrogens is 264 g/mol. The maximum absolute atomic E-state index is 9.61. The number of fused-ring (bicyclic) bond motifs is 1. The topological polar surface area (TPSA) is 20.2 Å². The Morgan fingerprint density at radius 2 is 1.75 bits per heavy atom. The quantitative estimate of drug-likeness (QED) is 0.690. The van der Waals surface area contributed by atoms with Gasteiger partial charge in [0.1, 0.15) is 5.75 Å². The van der Waals surface area contributed by atoms with Crippen LogP contribution in [0.3, 0.4) is 0 Å². The molecule has 0 saturated carbocycles. The Bertz CT molecular complexity index is 321. The molecular formula is C14H23BrO. The molecule has 2 rings (SSSR count). The molecule has 1 unspecified atom stereocenters. The molecule has 2 heteroatoms. The fourth-order valence-corrected chi connectivity index (χ4v) is 2.48. The lowest BCUT2D eigenvalue weighted by Gasteiger charge is -2.07. The van der Waals surface area contributed by atoms with Crippen LogP contribution < -0.4 is 0 Å². The van der Waals surface area contributed by atoms with Crippen molar-refractivity contribution in [1.29, 1.82) is 0 Å². The van der Waals surface area contributed by atoms with Crippen LogP contribution in [0.5, 0.6) is 5.75 Å². The molecule has 0 fully saturated rings. The van der Waals surface area contributed by atoms with Gasteiger partial charge in [-0.25, -0.2) is 0 Å². The van der Waals surface area contributed by atoms with Gasteiger partial charge in [0.25, 0.3) is 0 Å². The molecule has 1 atom stereocenters. The average Bonchev–Trinajstić information content (AvgIpc) is 2.73. The van der Waals surface area contributed by atoms with Gasteiger partial charge in [0.15, 0.2) is 0 Å². The minimum absolute atomic E-state index is 0.457. The Labute approximate surface area is 108 Å². The molecule has 0 saturated heterocycles. The third-order valence-electron chi connectivity index (χ3n) is 2.60. The third-order valence-corrected chi connectivity index (χ3v) is 3.34.